The van der Waals surface area contributed by atoms with E-state index in [1.54, 1.807) is 0 Å². The molecule has 0 aromatic heterocycles. The molecule has 32 valence electrons. The molecular weight excluding hydrogens is 109 g/mol. The van der Waals surface area contributed by atoms with Crippen LogP contribution in [0.25, 0.3) is 0 Å². The molecule has 0 atom stereocenters. The predicted molar refractivity (Wildman–Crippen MR) is 30.5 cm³/mol. The molecule has 4 heteroatoms. The van der Waals surface area contributed by atoms with E-state index in [1.807, 2.05) is 0 Å². The SMILES string of the molecule is [B]/C=C(\[B])C(=O)Cl. The molecule has 0 aliphatic rings. The van der Waals surface area contributed by atoms with E-state index in [9.17, 15) is 4.79 Å². The topological polar surface area (TPSA) is 17.1 Å². The fourth-order valence-electron chi connectivity index (χ4n) is 0.0655. The van der Waals surface area contributed by atoms with Gasteiger partial charge in [0.15, 0.2) is 0 Å². The van der Waals surface area contributed by atoms with Gasteiger partial charge in [0.2, 0.25) is 5.24 Å². The van der Waals surface area contributed by atoms with Crippen molar-refractivity contribution >= 4 is 32.5 Å². The second kappa shape index (κ2) is 2.92. The van der Waals surface area contributed by atoms with E-state index in [0.717, 1.165) is 5.98 Å². The first-order valence-corrected chi connectivity index (χ1v) is 1.93. The standard InChI is InChI=1S/C3HB2ClO/c4-1-2(5)3(6)7/h1H/b2-1-. The summed E-state index contributed by atoms with van der Waals surface area (Å²) < 4.78 is 0. The van der Waals surface area contributed by atoms with E-state index in [2.05, 4.69) is 0 Å². The van der Waals surface area contributed by atoms with E-state index < -0.39 is 5.24 Å². The van der Waals surface area contributed by atoms with Crippen molar-refractivity contribution in [3.63, 3.8) is 0 Å². The van der Waals surface area contributed by atoms with Crippen LogP contribution in [0, 0.1) is 0 Å². The van der Waals surface area contributed by atoms with Crippen LogP contribution in [-0.4, -0.2) is 20.9 Å². The Bertz CT molecular complexity index is 110. The van der Waals surface area contributed by atoms with Crippen LogP contribution in [0.15, 0.2) is 11.4 Å². The molecule has 0 heterocycles. The van der Waals surface area contributed by atoms with Crippen molar-refractivity contribution in [2.45, 2.75) is 0 Å². The van der Waals surface area contributed by atoms with E-state index in [4.69, 9.17) is 27.3 Å². The summed E-state index contributed by atoms with van der Waals surface area (Å²) in [4.78, 5) is 9.87. The molecule has 0 aliphatic carbocycles. The highest BCUT2D eigenvalue weighted by Crippen LogP contribution is 1.90. The molecule has 7 heavy (non-hydrogen) atoms. The zero-order chi connectivity index (χ0) is 5.86. The predicted octanol–water partition coefficient (Wildman–Crippen LogP) is -0.0698. The van der Waals surface area contributed by atoms with Gasteiger partial charge >= 0.3 is 0 Å². The number of carbonyl (C=O) groups excluding carboxylic acids is 1. The highest BCUT2D eigenvalue weighted by molar-refractivity contribution is 6.73. The molecule has 0 saturated carbocycles. The normalized spacial score (nSPS) is 11.3. The minimum Gasteiger partial charge on any atom is -0.277 e. The lowest BCUT2D eigenvalue weighted by molar-refractivity contribution is -0.108. The Labute approximate surface area is 49.5 Å². The van der Waals surface area contributed by atoms with E-state index in [-0.39, 0.29) is 5.47 Å². The first kappa shape index (κ1) is 6.83. The molecule has 1 nitrogen and oxygen atoms in total. The Balaban J connectivity index is 3.82. The molecule has 0 aromatic carbocycles. The summed E-state index contributed by atoms with van der Waals surface area (Å²) in [5.74, 6) is 0.954. The Kier molecular flexibility index (Phi) is 2.84. The maximum Gasteiger partial charge on any atom is 0.236 e. The highest BCUT2D eigenvalue weighted by Gasteiger charge is 1.91. The molecule has 0 amide bonds. The number of allylic oxidation sites excluding steroid dienone is 1. The Morgan fingerprint density at radius 2 is 2.14 bits per heavy atom. The Hall–Kier alpha value is -0.170. The van der Waals surface area contributed by atoms with E-state index in [0.29, 0.717) is 0 Å². The molecule has 0 spiro atoms. The molecule has 0 bridgehead atoms. The van der Waals surface area contributed by atoms with Gasteiger partial charge < -0.3 is 0 Å². The molecule has 0 aromatic rings. The average Bonchev–Trinajstić information content (AvgIpc) is 1.65. The smallest absolute Gasteiger partial charge is 0.236 e. The van der Waals surface area contributed by atoms with Crippen LogP contribution in [0.4, 0.5) is 0 Å². The monoisotopic (exact) mass is 110 g/mol. The first-order chi connectivity index (χ1) is 3.18. The summed E-state index contributed by atoms with van der Waals surface area (Å²) in [6.45, 7) is 0. The first-order valence-electron chi connectivity index (χ1n) is 1.55. The van der Waals surface area contributed by atoms with Gasteiger partial charge in [-0.1, -0.05) is 5.47 Å². The van der Waals surface area contributed by atoms with Gasteiger partial charge in [-0.25, -0.2) is 0 Å². The van der Waals surface area contributed by atoms with Gasteiger partial charge in [-0.3, -0.25) is 4.79 Å². The van der Waals surface area contributed by atoms with Crippen molar-refractivity contribution in [2.75, 3.05) is 0 Å². The van der Waals surface area contributed by atoms with Gasteiger partial charge in [-0.15, -0.1) is 5.98 Å². The Morgan fingerprint density at radius 1 is 1.71 bits per heavy atom. The zero-order valence-corrected chi connectivity index (χ0v) is 4.27. The largest absolute Gasteiger partial charge is 0.277 e. The van der Waals surface area contributed by atoms with Gasteiger partial charge in [0.05, 0.1) is 0 Å². The summed E-state index contributed by atoms with van der Waals surface area (Å²) >= 11 is 4.82. The van der Waals surface area contributed by atoms with Crippen molar-refractivity contribution < 1.29 is 4.79 Å². The van der Waals surface area contributed by atoms with Crippen molar-refractivity contribution in [1.82, 2.24) is 0 Å². The highest BCUT2D eigenvalue weighted by atomic mass is 35.5. The lowest BCUT2D eigenvalue weighted by Gasteiger charge is -1.83. The van der Waals surface area contributed by atoms with Crippen LogP contribution in [0.5, 0.6) is 0 Å². The van der Waals surface area contributed by atoms with Gasteiger partial charge in [0, 0.05) is 0 Å². The molecule has 4 radical (unpaired) electrons. The number of hydrogen-bond acceptors (Lipinski definition) is 1. The van der Waals surface area contributed by atoms with Crippen LogP contribution < -0.4 is 0 Å². The molecule has 0 fully saturated rings. The molecule has 0 unspecified atom stereocenters. The fraction of sp³-hybridized carbons (Fsp3) is 0. The lowest BCUT2D eigenvalue weighted by atomic mass is 9.91. The maximum absolute atomic E-state index is 9.87. The third-order valence-corrected chi connectivity index (χ3v) is 0.625. The van der Waals surface area contributed by atoms with Crippen LogP contribution >= 0.6 is 11.6 Å². The Morgan fingerprint density at radius 3 is 2.14 bits per heavy atom. The molecular formula is C3HB2ClO. The summed E-state index contributed by atoms with van der Waals surface area (Å²) in [7, 11) is 9.65. The second-order valence-corrected chi connectivity index (χ2v) is 1.24. The average molecular weight is 110 g/mol. The van der Waals surface area contributed by atoms with Crippen molar-refractivity contribution in [3.8, 4) is 0 Å². The van der Waals surface area contributed by atoms with Gasteiger partial charge in [-0.2, -0.15) is 0 Å². The van der Waals surface area contributed by atoms with Crippen LogP contribution in [0.1, 0.15) is 0 Å². The van der Waals surface area contributed by atoms with E-state index in [1.165, 1.54) is 0 Å². The van der Waals surface area contributed by atoms with Gasteiger partial charge in [-0.05, 0) is 11.6 Å². The zero-order valence-electron chi connectivity index (χ0n) is 3.52. The second-order valence-electron chi connectivity index (χ2n) is 0.896. The maximum atomic E-state index is 9.87. The summed E-state index contributed by atoms with van der Waals surface area (Å²) in [6, 6.07) is 0. The summed E-state index contributed by atoms with van der Waals surface area (Å²) in [5.41, 5.74) is -0.123. The molecule has 0 rings (SSSR count). The third-order valence-electron chi connectivity index (χ3n) is 0.407. The summed E-state index contributed by atoms with van der Waals surface area (Å²) in [6.07, 6.45) is 0. The number of rotatable bonds is 1. The quantitative estimate of drug-likeness (QED) is 0.262. The van der Waals surface area contributed by atoms with Crippen molar-refractivity contribution in [1.29, 1.82) is 0 Å². The molecule has 0 N–H and O–H groups in total. The minimum atomic E-state index is -0.720. The number of carbonyl (C=O) groups is 1. The third kappa shape index (κ3) is 2.52. The van der Waals surface area contributed by atoms with E-state index >= 15 is 0 Å². The minimum absolute atomic E-state index is 0.123. The lowest BCUT2D eigenvalue weighted by Crippen LogP contribution is -1.90. The van der Waals surface area contributed by atoms with Gasteiger partial charge in [0.25, 0.3) is 0 Å². The summed E-state index contributed by atoms with van der Waals surface area (Å²) in [5, 5.41) is -0.720. The fourth-order valence-corrected chi connectivity index (χ4v) is 0.129. The number of hydrogen-bond donors (Lipinski definition) is 0. The van der Waals surface area contributed by atoms with Crippen LogP contribution in [0.3, 0.4) is 0 Å². The van der Waals surface area contributed by atoms with Crippen molar-refractivity contribution in [2.24, 2.45) is 0 Å². The number of halogens is 1. The van der Waals surface area contributed by atoms with Crippen LogP contribution in [-0.2, 0) is 4.79 Å². The van der Waals surface area contributed by atoms with Gasteiger partial charge in [0.1, 0.15) is 15.7 Å². The molecule has 0 saturated heterocycles. The van der Waals surface area contributed by atoms with Crippen molar-refractivity contribution in [3.05, 3.63) is 11.4 Å². The van der Waals surface area contributed by atoms with Crippen LogP contribution in [0.2, 0.25) is 0 Å². The molecule has 0 aliphatic heterocycles.